The number of aryl methyl sites for hydroxylation is 1. The molecule has 0 aliphatic heterocycles. The van der Waals surface area contributed by atoms with Gasteiger partial charge in [0.15, 0.2) is 0 Å². The average Bonchev–Trinajstić information content (AvgIpc) is 2.52. The van der Waals surface area contributed by atoms with E-state index in [4.69, 9.17) is 4.74 Å². The molecule has 1 heterocycles. The molecule has 0 amide bonds. The van der Waals surface area contributed by atoms with E-state index in [1.54, 1.807) is 31.8 Å². The third-order valence-electron chi connectivity index (χ3n) is 1.90. The highest BCUT2D eigenvalue weighted by molar-refractivity contribution is 5.02. The molecule has 0 aliphatic rings. The average molecular weight is 199 g/mol. The fourth-order valence-electron chi connectivity index (χ4n) is 1.06. The summed E-state index contributed by atoms with van der Waals surface area (Å²) in [5.41, 5.74) is -0.325. The Hall–Kier alpha value is -0.940. The Morgan fingerprint density at radius 1 is 1.57 bits per heavy atom. The van der Waals surface area contributed by atoms with Crippen molar-refractivity contribution in [3.05, 3.63) is 11.9 Å². The van der Waals surface area contributed by atoms with Crippen molar-refractivity contribution in [2.45, 2.75) is 32.4 Å². The molecule has 0 spiro atoms. The summed E-state index contributed by atoms with van der Waals surface area (Å²) in [6.45, 7) is 4.85. The van der Waals surface area contributed by atoms with Crippen molar-refractivity contribution < 1.29 is 9.84 Å². The Bertz CT molecular complexity index is 278. The lowest BCUT2D eigenvalue weighted by atomic mass is 10.1. The molecule has 80 valence electrons. The van der Waals surface area contributed by atoms with Gasteiger partial charge in [0, 0.05) is 20.3 Å². The van der Waals surface area contributed by atoms with E-state index in [1.807, 2.05) is 0 Å². The van der Waals surface area contributed by atoms with Crippen molar-refractivity contribution in [2.75, 3.05) is 13.7 Å². The number of hydrogen-bond acceptors (Lipinski definition) is 4. The first-order chi connectivity index (χ1) is 6.54. The second-order valence-electron chi connectivity index (χ2n) is 3.77. The Kier molecular flexibility index (Phi) is 3.60. The van der Waals surface area contributed by atoms with Crippen molar-refractivity contribution in [3.8, 4) is 0 Å². The lowest BCUT2D eigenvalue weighted by Crippen LogP contribution is -2.15. The van der Waals surface area contributed by atoms with E-state index in [0.717, 1.165) is 13.0 Å². The minimum atomic E-state index is -0.917. The molecular formula is C9H17N3O2. The summed E-state index contributed by atoms with van der Waals surface area (Å²) in [7, 11) is 1.67. The summed E-state index contributed by atoms with van der Waals surface area (Å²) in [5.74, 6) is 0. The zero-order valence-electron chi connectivity index (χ0n) is 8.90. The van der Waals surface area contributed by atoms with Gasteiger partial charge in [-0.05, 0) is 20.3 Å². The molecule has 0 unspecified atom stereocenters. The molecule has 0 atom stereocenters. The van der Waals surface area contributed by atoms with Crippen LogP contribution in [0.3, 0.4) is 0 Å². The zero-order chi connectivity index (χ0) is 10.6. The van der Waals surface area contributed by atoms with E-state index in [-0.39, 0.29) is 0 Å². The number of aromatic nitrogens is 3. The Balaban J connectivity index is 2.51. The number of hydrogen-bond donors (Lipinski definition) is 1. The Morgan fingerprint density at radius 2 is 2.29 bits per heavy atom. The van der Waals surface area contributed by atoms with Gasteiger partial charge in [0.2, 0.25) is 0 Å². The molecule has 1 rings (SSSR count). The fourth-order valence-corrected chi connectivity index (χ4v) is 1.06. The van der Waals surface area contributed by atoms with Gasteiger partial charge < -0.3 is 9.84 Å². The Labute approximate surface area is 83.7 Å². The van der Waals surface area contributed by atoms with E-state index in [0.29, 0.717) is 12.3 Å². The van der Waals surface area contributed by atoms with Crippen LogP contribution in [0.2, 0.25) is 0 Å². The minimum absolute atomic E-state index is 0.593. The van der Waals surface area contributed by atoms with Crippen LogP contribution in [0.25, 0.3) is 0 Å². The molecule has 5 heteroatoms. The Morgan fingerprint density at radius 3 is 2.79 bits per heavy atom. The summed E-state index contributed by atoms with van der Waals surface area (Å²) in [6, 6.07) is 0. The zero-order valence-corrected chi connectivity index (χ0v) is 8.90. The highest BCUT2D eigenvalue weighted by Crippen LogP contribution is 2.15. The van der Waals surface area contributed by atoms with Gasteiger partial charge in [0.05, 0.1) is 6.20 Å². The van der Waals surface area contributed by atoms with Crippen molar-refractivity contribution in [1.82, 2.24) is 15.0 Å². The molecule has 0 radical (unpaired) electrons. The van der Waals surface area contributed by atoms with Crippen molar-refractivity contribution in [2.24, 2.45) is 0 Å². The highest BCUT2D eigenvalue weighted by atomic mass is 16.5. The minimum Gasteiger partial charge on any atom is -0.385 e. The van der Waals surface area contributed by atoms with E-state index in [1.165, 1.54) is 0 Å². The van der Waals surface area contributed by atoms with Crippen molar-refractivity contribution in [1.29, 1.82) is 0 Å². The van der Waals surface area contributed by atoms with Gasteiger partial charge in [-0.1, -0.05) is 5.21 Å². The predicted octanol–water partition coefficient (Wildman–Crippen LogP) is 0.542. The molecule has 5 nitrogen and oxygen atoms in total. The molecule has 14 heavy (non-hydrogen) atoms. The second-order valence-corrected chi connectivity index (χ2v) is 3.77. The number of nitrogens with zero attached hydrogens (tertiary/aromatic N) is 3. The lowest BCUT2D eigenvalue weighted by Gasteiger charge is -2.11. The molecule has 0 fully saturated rings. The van der Waals surface area contributed by atoms with Crippen LogP contribution in [0.4, 0.5) is 0 Å². The van der Waals surface area contributed by atoms with Gasteiger partial charge in [-0.2, -0.15) is 0 Å². The van der Waals surface area contributed by atoms with Gasteiger partial charge in [-0.15, -0.1) is 5.10 Å². The van der Waals surface area contributed by atoms with Crippen LogP contribution in [0.1, 0.15) is 26.0 Å². The topological polar surface area (TPSA) is 60.2 Å². The lowest BCUT2D eigenvalue weighted by molar-refractivity contribution is 0.0737. The van der Waals surface area contributed by atoms with E-state index in [9.17, 15) is 5.11 Å². The van der Waals surface area contributed by atoms with Crippen molar-refractivity contribution >= 4 is 0 Å². The van der Waals surface area contributed by atoms with Crippen LogP contribution in [-0.4, -0.2) is 33.8 Å². The third-order valence-corrected chi connectivity index (χ3v) is 1.90. The van der Waals surface area contributed by atoms with Gasteiger partial charge in [-0.25, -0.2) is 0 Å². The summed E-state index contributed by atoms with van der Waals surface area (Å²) in [5, 5.41) is 17.4. The van der Waals surface area contributed by atoms with E-state index >= 15 is 0 Å². The monoisotopic (exact) mass is 199 g/mol. The van der Waals surface area contributed by atoms with Crippen LogP contribution < -0.4 is 0 Å². The summed E-state index contributed by atoms with van der Waals surface area (Å²) >= 11 is 0. The number of aliphatic hydroxyl groups is 1. The largest absolute Gasteiger partial charge is 0.385 e. The van der Waals surface area contributed by atoms with Gasteiger partial charge in [0.1, 0.15) is 11.3 Å². The molecule has 1 aromatic heterocycles. The fraction of sp³-hybridized carbons (Fsp3) is 0.778. The first-order valence-electron chi connectivity index (χ1n) is 4.66. The molecule has 0 aromatic carbocycles. The standard InChI is InChI=1S/C9H17N3O2/c1-9(2,13)8-7-12(11-10-8)5-4-6-14-3/h7,13H,4-6H2,1-3H3. The van der Waals surface area contributed by atoms with Gasteiger partial charge in [-0.3, -0.25) is 4.68 Å². The maximum Gasteiger partial charge on any atom is 0.114 e. The van der Waals surface area contributed by atoms with Crippen LogP contribution >= 0.6 is 0 Å². The van der Waals surface area contributed by atoms with Crippen LogP contribution in [0, 0.1) is 0 Å². The van der Waals surface area contributed by atoms with Crippen LogP contribution in [0.5, 0.6) is 0 Å². The molecule has 0 saturated carbocycles. The van der Waals surface area contributed by atoms with Gasteiger partial charge in [0.25, 0.3) is 0 Å². The SMILES string of the molecule is COCCCn1cc(C(C)(C)O)nn1. The molecule has 0 bridgehead atoms. The third kappa shape index (κ3) is 3.08. The first-order valence-corrected chi connectivity index (χ1v) is 4.66. The predicted molar refractivity (Wildman–Crippen MR) is 51.8 cm³/mol. The summed E-state index contributed by atoms with van der Waals surface area (Å²) in [6.07, 6.45) is 2.65. The summed E-state index contributed by atoms with van der Waals surface area (Å²) in [4.78, 5) is 0. The van der Waals surface area contributed by atoms with Crippen molar-refractivity contribution in [3.63, 3.8) is 0 Å². The van der Waals surface area contributed by atoms with E-state index < -0.39 is 5.60 Å². The number of ether oxygens (including phenoxy) is 1. The van der Waals surface area contributed by atoms with E-state index in [2.05, 4.69) is 10.3 Å². The molecule has 1 N–H and O–H groups in total. The second kappa shape index (κ2) is 4.52. The maximum absolute atomic E-state index is 9.63. The number of methoxy groups -OCH3 is 1. The smallest absolute Gasteiger partial charge is 0.114 e. The van der Waals surface area contributed by atoms with Crippen LogP contribution in [0.15, 0.2) is 6.20 Å². The normalized spacial score (nSPS) is 12.0. The van der Waals surface area contributed by atoms with Gasteiger partial charge >= 0.3 is 0 Å². The molecule has 1 aromatic rings. The maximum atomic E-state index is 9.63. The molecular weight excluding hydrogens is 182 g/mol. The number of rotatable bonds is 5. The summed E-state index contributed by atoms with van der Waals surface area (Å²) < 4.78 is 6.64. The van der Waals surface area contributed by atoms with Crippen LogP contribution in [-0.2, 0) is 16.9 Å². The molecule has 0 aliphatic carbocycles. The highest BCUT2D eigenvalue weighted by Gasteiger charge is 2.19. The quantitative estimate of drug-likeness (QED) is 0.703. The first kappa shape index (κ1) is 11.1. The molecule has 0 saturated heterocycles.